The number of nitrogens with one attached hydrogen (secondary N) is 6. The first-order valence-electron chi connectivity index (χ1n) is 27.3. The van der Waals surface area contributed by atoms with Crippen LogP contribution in [0.1, 0.15) is 91.5 Å². The van der Waals surface area contributed by atoms with Crippen LogP contribution in [0.5, 0.6) is 5.75 Å². The van der Waals surface area contributed by atoms with Gasteiger partial charge >= 0.3 is 24.2 Å². The van der Waals surface area contributed by atoms with E-state index in [0.29, 0.717) is 41.9 Å². The topological polar surface area (TPSA) is 317 Å². The van der Waals surface area contributed by atoms with Crippen LogP contribution in [-0.4, -0.2) is 146 Å². The van der Waals surface area contributed by atoms with Gasteiger partial charge in [-0.2, -0.15) is 0 Å². The van der Waals surface area contributed by atoms with Crippen LogP contribution in [0.4, 0.5) is 35.8 Å². The number of epoxide rings is 1. The molecule has 3 aliphatic rings. The Kier molecular flexibility index (Phi) is 25.9. The van der Waals surface area contributed by atoms with Crippen LogP contribution in [0, 0.1) is 23.6 Å². The Hall–Kier alpha value is -5.77. The summed E-state index contributed by atoms with van der Waals surface area (Å²) in [6.07, 6.45) is 0.0223. The van der Waals surface area contributed by atoms with Gasteiger partial charge in [0.05, 0.1) is 54.2 Å². The van der Waals surface area contributed by atoms with Crippen molar-refractivity contribution >= 4 is 120 Å². The summed E-state index contributed by atoms with van der Waals surface area (Å²) in [5.41, 5.74) is 2.91. The van der Waals surface area contributed by atoms with Crippen LogP contribution in [-0.2, 0) is 54.1 Å². The van der Waals surface area contributed by atoms with Crippen LogP contribution in [0.15, 0.2) is 48.1 Å². The highest BCUT2D eigenvalue weighted by atomic mass is 79.9. The molecule has 2 aromatic carbocycles. The number of methoxy groups -OCH3 is 2. The van der Waals surface area contributed by atoms with E-state index in [9.17, 15) is 43.5 Å². The summed E-state index contributed by atoms with van der Waals surface area (Å²) in [6.45, 7) is 8.76. The number of fused-ring (bicyclic) bond motifs is 5. The molecule has 5 rings (SSSR count). The number of aliphatic hydroxyl groups is 1. The van der Waals surface area contributed by atoms with Gasteiger partial charge in [-0.3, -0.25) is 34.6 Å². The number of benzene rings is 2. The van der Waals surface area contributed by atoms with E-state index >= 15 is 4.39 Å². The minimum absolute atomic E-state index is 0.0138. The normalized spacial score (nSPS) is 24.2. The van der Waals surface area contributed by atoms with Crippen molar-refractivity contribution in [1.29, 1.82) is 0 Å². The lowest BCUT2D eigenvalue weighted by atomic mass is 9.83. The number of halogens is 5. The molecule has 0 radical (unpaired) electrons. The molecule has 9 N–H and O–H groups in total. The monoisotopic (exact) mass is 1350 g/mol. The molecule has 464 valence electrons. The number of unbranched alkanes of at least 4 members (excludes halogenated alkanes) is 2. The molecule has 0 spiro atoms. The fraction of sp³-hybridized carbons (Fsp3) is 0.571. The average molecular weight is 1350 g/mol. The van der Waals surface area contributed by atoms with Crippen molar-refractivity contribution in [2.24, 2.45) is 23.5 Å². The highest BCUT2D eigenvalue weighted by Crippen LogP contribution is 2.49. The molecule has 9 atom stereocenters. The molecule has 3 heterocycles. The Bertz CT molecular complexity index is 2800. The van der Waals surface area contributed by atoms with E-state index in [0.717, 1.165) is 17.7 Å². The van der Waals surface area contributed by atoms with Crippen molar-refractivity contribution in [3.8, 4) is 5.75 Å². The number of hydrogen-bond acceptors (Lipinski definition) is 15. The second-order valence-corrected chi connectivity index (χ2v) is 23.5. The zero-order valence-electron chi connectivity index (χ0n) is 48.0. The van der Waals surface area contributed by atoms with Gasteiger partial charge in [-0.25, -0.2) is 18.8 Å². The second kappa shape index (κ2) is 31.6. The summed E-state index contributed by atoms with van der Waals surface area (Å²) in [4.78, 5) is 107. The number of primary amides is 1. The lowest BCUT2D eigenvalue weighted by Crippen LogP contribution is -2.63. The molecule has 0 aromatic heterocycles. The van der Waals surface area contributed by atoms with E-state index in [-0.39, 0.29) is 77.9 Å². The van der Waals surface area contributed by atoms with Gasteiger partial charge in [0.2, 0.25) is 23.6 Å². The van der Waals surface area contributed by atoms with Gasteiger partial charge < -0.3 is 65.4 Å². The number of allylic oxidation sites excluding steroid dienone is 3. The maximum Gasteiger partial charge on any atom is 0.412 e. The number of alkyl halides is 2. The lowest BCUT2D eigenvalue weighted by Gasteiger charge is -2.42. The third-order valence-corrected chi connectivity index (χ3v) is 16.9. The Morgan fingerprint density at radius 2 is 1.70 bits per heavy atom. The van der Waals surface area contributed by atoms with Crippen LogP contribution in [0.2, 0.25) is 10.0 Å². The van der Waals surface area contributed by atoms with Crippen LogP contribution in [0.25, 0.3) is 0 Å². The van der Waals surface area contributed by atoms with Gasteiger partial charge in [0.1, 0.15) is 52.6 Å². The molecular weight excluding hydrogens is 1270 g/mol. The minimum Gasteiger partial charge on any atom is -0.495 e. The highest BCUT2D eigenvalue weighted by Gasteiger charge is 2.64. The van der Waals surface area contributed by atoms with Gasteiger partial charge in [-0.05, 0) is 82.1 Å². The molecule has 0 saturated carbocycles. The number of carbonyl (C=O) groups excluding carboxylic acids is 8. The maximum absolute atomic E-state index is 16.1. The number of nitrogens with two attached hydrogens (primary N) is 1. The predicted molar refractivity (Wildman–Crippen MR) is 319 cm³/mol. The zero-order chi connectivity index (χ0) is 62.2. The van der Waals surface area contributed by atoms with E-state index in [2.05, 4.69) is 63.8 Å². The number of ether oxygens (including phenoxy) is 6. The van der Waals surface area contributed by atoms with Gasteiger partial charge in [-0.15, -0.1) is 0 Å². The van der Waals surface area contributed by atoms with Gasteiger partial charge in [0.25, 0.3) is 0 Å². The summed E-state index contributed by atoms with van der Waals surface area (Å²) in [5.74, 6) is -5.24. The van der Waals surface area contributed by atoms with E-state index in [1.807, 2.05) is 6.92 Å². The fourth-order valence-electron chi connectivity index (χ4n) is 9.68. The smallest absolute Gasteiger partial charge is 0.412 e. The number of carbonyl (C=O) groups is 8. The molecule has 28 heteroatoms. The molecule has 2 saturated heterocycles. The second-order valence-electron chi connectivity index (χ2n) is 21.4. The summed E-state index contributed by atoms with van der Waals surface area (Å²) >= 11 is 20.0. The first-order chi connectivity index (χ1) is 39.7. The number of urea groups is 1. The van der Waals surface area contributed by atoms with E-state index in [4.69, 9.17) is 57.4 Å². The number of rotatable bonds is 23. The van der Waals surface area contributed by atoms with Crippen molar-refractivity contribution < 1.29 is 76.3 Å². The molecule has 84 heavy (non-hydrogen) atoms. The van der Waals surface area contributed by atoms with Crippen LogP contribution >= 0.6 is 55.1 Å². The zero-order valence-corrected chi connectivity index (χ0v) is 52.7. The largest absolute Gasteiger partial charge is 0.495 e. The first-order valence-corrected chi connectivity index (χ1v) is 30.3. The Labute approximate surface area is 514 Å². The van der Waals surface area contributed by atoms with Crippen molar-refractivity contribution in [3.05, 3.63) is 69.5 Å². The van der Waals surface area contributed by atoms with Gasteiger partial charge in [0, 0.05) is 56.2 Å². The van der Waals surface area contributed by atoms with E-state index in [1.54, 1.807) is 58.1 Å². The molecule has 0 aliphatic carbocycles. The minimum atomic E-state index is -1.94. The Morgan fingerprint density at radius 3 is 2.36 bits per heavy atom. The summed E-state index contributed by atoms with van der Waals surface area (Å²) < 4.78 is 50.6. The quantitative estimate of drug-likeness (QED) is 0.0174. The lowest BCUT2D eigenvalue weighted by molar-refractivity contribution is -0.147. The Balaban J connectivity index is 1.34. The van der Waals surface area contributed by atoms with Crippen molar-refractivity contribution in [1.82, 2.24) is 21.3 Å². The molecule has 0 unspecified atom stereocenters. The predicted octanol–water partition coefficient (Wildman–Crippen LogP) is 7.69. The Morgan fingerprint density at radius 1 is 0.988 bits per heavy atom. The maximum atomic E-state index is 16.1. The van der Waals surface area contributed by atoms with Crippen molar-refractivity contribution in [2.45, 2.75) is 140 Å². The standard InChI is InChI=1S/C56H75Br2Cl2FN8O15/c1-29(2)47(67-44(70)17-10-9-11-19-81-51(74)33(27-57)28-58)50(73)64-36(15-13-18-63-52(62)75)49(72)65-38-23-34(59)37(24-35(38)61)66-53(76)83-43-25-45(71)69(6)39-21-32(22-40(79-7)46(39)60)20-30(3)14-12-16-42(80-8)56(78)26-41(82-54(77)68-56)31(4)48-55(43,5)84-48/h12,14,16,21-24,29,31,33,36,41-43,47-48,78H,9-11,13,15,17-20,25-28H2,1-8H3,(H,64,73)(H,65,72)(H,66,76)(H,67,70)(H,68,77)(H3,62,63,75)/b16-12+,30-14+/t31-,36+,41+,42-,43+,47+,48+,55+,56+/m1/s1. The van der Waals surface area contributed by atoms with Crippen LogP contribution in [0.3, 0.4) is 0 Å². The summed E-state index contributed by atoms with van der Waals surface area (Å²) in [6, 6.07) is 1.99. The highest BCUT2D eigenvalue weighted by molar-refractivity contribution is 9.09. The molecule has 3 aliphatic heterocycles. The fourth-order valence-corrected chi connectivity index (χ4v) is 11.8. The summed E-state index contributed by atoms with van der Waals surface area (Å²) in [5, 5.41) is 27.7. The number of anilines is 3. The van der Waals surface area contributed by atoms with Crippen LogP contribution < -0.4 is 47.3 Å². The summed E-state index contributed by atoms with van der Waals surface area (Å²) in [7, 11) is 4.30. The number of esters is 1. The first kappa shape index (κ1) is 69.0. The number of alkyl carbamates (subject to hydrolysis) is 1. The number of amides is 8. The van der Waals surface area contributed by atoms with E-state index in [1.165, 1.54) is 26.2 Å². The van der Waals surface area contributed by atoms with Gasteiger partial charge in [0.15, 0.2) is 5.72 Å². The van der Waals surface area contributed by atoms with Crippen molar-refractivity contribution in [3.63, 3.8) is 0 Å². The average Bonchev–Trinajstić information content (AvgIpc) is 2.00. The molecule has 4 bridgehead atoms. The molecule has 8 amide bonds. The third-order valence-electron chi connectivity index (χ3n) is 14.6. The molecule has 2 aromatic rings. The molecule has 23 nitrogen and oxygen atoms in total. The molecular formula is C56H75Br2Cl2FN8O15. The molecule has 2 fully saturated rings. The third kappa shape index (κ3) is 18.9. The van der Waals surface area contributed by atoms with Crippen molar-refractivity contribution in [2.75, 3.05) is 60.6 Å². The van der Waals surface area contributed by atoms with E-state index < -0.39 is 119 Å². The van der Waals surface area contributed by atoms with Gasteiger partial charge in [-0.1, -0.05) is 99.6 Å². The SMILES string of the molecule is COc1cc2cc(c1Cl)N(C)C(=O)C[C@H](OC(=O)Nc1cc(F)c(NC(=O)[C@H](CCCNC(N)=O)NC(=O)[C@@H](NC(=O)CCCCCOC(=O)C(CBr)CBr)C(C)C)cc1Cl)[C@]1(C)O[C@H]1[C@H](C)[C@@H]1C[C@@](O)(NC(=O)O1)[C@H](OC)/C=C/C=C(\C)C2. The number of nitrogens with zero attached hydrogens (tertiary/aromatic N) is 1. The number of hydrogen-bond donors (Lipinski definition) is 8.